The van der Waals surface area contributed by atoms with Crippen LogP contribution in [0, 0.1) is 5.92 Å². The zero-order chi connectivity index (χ0) is 19.8. The van der Waals surface area contributed by atoms with E-state index < -0.39 is 24.5 Å². The van der Waals surface area contributed by atoms with Crippen LogP contribution in [0.2, 0.25) is 0 Å². The molecule has 1 aromatic rings. The molecular weight excluding hydrogens is 350 g/mol. The fraction of sp³-hybridized carbons (Fsp3) is 0.474. The maximum Gasteiger partial charge on any atom is 0.338 e. The fourth-order valence-electron chi connectivity index (χ4n) is 3.01. The monoisotopic (exact) mass is 375 g/mol. The molecule has 0 aliphatic heterocycles. The Balaban J connectivity index is 1.74. The van der Waals surface area contributed by atoms with Crippen molar-refractivity contribution in [2.45, 2.75) is 45.6 Å². The molecule has 0 saturated heterocycles. The minimum absolute atomic E-state index is 0.0521. The Morgan fingerprint density at radius 1 is 1.07 bits per heavy atom. The largest absolute Gasteiger partial charge is 0.452 e. The minimum atomic E-state index is -0.695. The predicted molar refractivity (Wildman–Crippen MR) is 99.1 cm³/mol. The number of rotatable bonds is 5. The average molecular weight is 375 g/mol. The van der Waals surface area contributed by atoms with Crippen molar-refractivity contribution in [3.05, 3.63) is 29.8 Å². The Labute approximate surface area is 158 Å². The number of hydrogen-bond donors (Lipinski definition) is 3. The first-order valence-electron chi connectivity index (χ1n) is 9.00. The standard InChI is InChI=1S/C19H25N3O5/c1-12-5-3-4-6-16(12)21-19(26)22-17(24)11-27-18(25)14-7-9-15(10-8-14)20-13(2)23/h7-10,12,16H,3-6,11H2,1-2H3,(H,20,23)(H2,21,22,24,26)/t12-,16-/m1/s1. The third-order valence-corrected chi connectivity index (χ3v) is 4.46. The molecule has 0 unspecified atom stereocenters. The Hall–Kier alpha value is -2.90. The fourth-order valence-corrected chi connectivity index (χ4v) is 3.01. The summed E-state index contributed by atoms with van der Waals surface area (Å²) in [5.74, 6) is -1.24. The van der Waals surface area contributed by atoms with Crippen molar-refractivity contribution in [1.29, 1.82) is 0 Å². The zero-order valence-corrected chi connectivity index (χ0v) is 15.5. The number of urea groups is 1. The number of ether oxygens (including phenoxy) is 1. The highest BCUT2D eigenvalue weighted by atomic mass is 16.5. The molecule has 146 valence electrons. The number of carbonyl (C=O) groups is 4. The normalized spacial score (nSPS) is 18.9. The van der Waals surface area contributed by atoms with Crippen molar-refractivity contribution in [3.63, 3.8) is 0 Å². The van der Waals surface area contributed by atoms with E-state index in [0.717, 1.165) is 25.7 Å². The number of amides is 4. The van der Waals surface area contributed by atoms with Gasteiger partial charge in [-0.2, -0.15) is 0 Å². The summed E-state index contributed by atoms with van der Waals surface area (Å²) < 4.78 is 4.90. The van der Waals surface area contributed by atoms with Gasteiger partial charge in [0.2, 0.25) is 5.91 Å². The highest BCUT2D eigenvalue weighted by molar-refractivity contribution is 5.97. The van der Waals surface area contributed by atoms with Gasteiger partial charge in [-0.25, -0.2) is 9.59 Å². The number of carbonyl (C=O) groups excluding carboxylic acids is 4. The summed E-state index contributed by atoms with van der Waals surface area (Å²) in [5, 5.41) is 7.55. The van der Waals surface area contributed by atoms with Crippen molar-refractivity contribution >= 4 is 29.5 Å². The number of hydrogen-bond acceptors (Lipinski definition) is 5. The van der Waals surface area contributed by atoms with Gasteiger partial charge < -0.3 is 15.4 Å². The van der Waals surface area contributed by atoms with Gasteiger partial charge in [0.15, 0.2) is 6.61 Å². The molecule has 1 aliphatic rings. The lowest BCUT2D eigenvalue weighted by Gasteiger charge is -2.29. The second-order valence-electron chi connectivity index (χ2n) is 6.72. The lowest BCUT2D eigenvalue weighted by molar-refractivity contribution is -0.123. The summed E-state index contributed by atoms with van der Waals surface area (Å²) in [6.45, 7) is 2.90. The van der Waals surface area contributed by atoms with Crippen molar-refractivity contribution < 1.29 is 23.9 Å². The highest BCUT2D eigenvalue weighted by Gasteiger charge is 2.23. The van der Waals surface area contributed by atoms with Crippen LogP contribution in [0.15, 0.2) is 24.3 Å². The zero-order valence-electron chi connectivity index (χ0n) is 15.5. The first-order valence-corrected chi connectivity index (χ1v) is 9.00. The van der Waals surface area contributed by atoms with E-state index in [4.69, 9.17) is 4.74 Å². The van der Waals surface area contributed by atoms with E-state index in [9.17, 15) is 19.2 Å². The molecule has 0 bridgehead atoms. The molecule has 1 aliphatic carbocycles. The number of imide groups is 1. The van der Waals surface area contributed by atoms with Gasteiger partial charge in [0.1, 0.15) is 0 Å². The van der Waals surface area contributed by atoms with Crippen LogP contribution in [-0.2, 0) is 14.3 Å². The van der Waals surface area contributed by atoms with Crippen molar-refractivity contribution in [3.8, 4) is 0 Å². The lowest BCUT2D eigenvalue weighted by atomic mass is 9.86. The second-order valence-corrected chi connectivity index (χ2v) is 6.72. The SMILES string of the molecule is CC(=O)Nc1ccc(C(=O)OCC(=O)NC(=O)N[C@@H]2CCCC[C@H]2C)cc1. The molecule has 2 atom stereocenters. The lowest BCUT2D eigenvalue weighted by Crippen LogP contribution is -2.48. The van der Waals surface area contributed by atoms with Crippen LogP contribution in [0.3, 0.4) is 0 Å². The van der Waals surface area contributed by atoms with Crippen LogP contribution in [0.1, 0.15) is 49.9 Å². The molecule has 8 heteroatoms. The quantitative estimate of drug-likeness (QED) is 0.683. The molecule has 8 nitrogen and oxygen atoms in total. The van der Waals surface area contributed by atoms with Gasteiger partial charge in [-0.05, 0) is 43.0 Å². The van der Waals surface area contributed by atoms with Gasteiger partial charge in [0.25, 0.3) is 5.91 Å². The number of nitrogens with one attached hydrogen (secondary N) is 3. The third-order valence-electron chi connectivity index (χ3n) is 4.46. The summed E-state index contributed by atoms with van der Waals surface area (Å²) in [4.78, 5) is 46.6. The molecule has 2 rings (SSSR count). The van der Waals surface area contributed by atoms with E-state index in [2.05, 4.69) is 22.9 Å². The number of benzene rings is 1. The Morgan fingerprint density at radius 3 is 2.37 bits per heavy atom. The molecule has 3 N–H and O–H groups in total. The van der Waals surface area contributed by atoms with Gasteiger partial charge in [-0.1, -0.05) is 19.8 Å². The van der Waals surface area contributed by atoms with Crippen molar-refractivity contribution in [1.82, 2.24) is 10.6 Å². The van der Waals surface area contributed by atoms with E-state index in [1.54, 1.807) is 12.1 Å². The third kappa shape index (κ3) is 6.73. The van der Waals surface area contributed by atoms with Crippen LogP contribution < -0.4 is 16.0 Å². The van der Waals surface area contributed by atoms with Crippen LogP contribution in [0.5, 0.6) is 0 Å². The molecule has 1 saturated carbocycles. The number of esters is 1. The predicted octanol–water partition coefficient (Wildman–Crippen LogP) is 2.21. The summed E-state index contributed by atoms with van der Waals surface area (Å²) in [6, 6.07) is 5.53. The summed E-state index contributed by atoms with van der Waals surface area (Å²) in [6.07, 6.45) is 4.16. The molecule has 0 aromatic heterocycles. The molecule has 0 radical (unpaired) electrons. The molecule has 1 aromatic carbocycles. The van der Waals surface area contributed by atoms with Gasteiger partial charge >= 0.3 is 12.0 Å². The second kappa shape index (κ2) is 9.70. The molecule has 1 fully saturated rings. The Bertz CT molecular complexity index is 702. The van der Waals surface area contributed by atoms with Gasteiger partial charge in [-0.15, -0.1) is 0 Å². The van der Waals surface area contributed by atoms with Crippen LogP contribution >= 0.6 is 0 Å². The molecule has 0 heterocycles. The Kier molecular flexibility index (Phi) is 7.34. The molecule has 0 spiro atoms. The first-order chi connectivity index (χ1) is 12.8. The highest BCUT2D eigenvalue weighted by Crippen LogP contribution is 2.23. The van der Waals surface area contributed by atoms with E-state index in [1.165, 1.54) is 19.1 Å². The van der Waals surface area contributed by atoms with Crippen molar-refractivity contribution in [2.75, 3.05) is 11.9 Å². The van der Waals surface area contributed by atoms with E-state index in [1.807, 2.05) is 0 Å². The molecule has 4 amide bonds. The van der Waals surface area contributed by atoms with Gasteiger partial charge in [-0.3, -0.25) is 14.9 Å². The topological polar surface area (TPSA) is 114 Å². The van der Waals surface area contributed by atoms with Crippen LogP contribution in [0.25, 0.3) is 0 Å². The summed E-state index contributed by atoms with van der Waals surface area (Å²) in [7, 11) is 0. The maximum absolute atomic E-state index is 11.9. The van der Waals surface area contributed by atoms with Crippen molar-refractivity contribution in [2.24, 2.45) is 5.92 Å². The Morgan fingerprint density at radius 2 is 1.74 bits per heavy atom. The van der Waals surface area contributed by atoms with Gasteiger partial charge in [0, 0.05) is 18.7 Å². The van der Waals surface area contributed by atoms with Gasteiger partial charge in [0.05, 0.1) is 5.56 Å². The average Bonchev–Trinajstić information content (AvgIpc) is 2.61. The van der Waals surface area contributed by atoms with E-state index >= 15 is 0 Å². The van der Waals surface area contributed by atoms with Crippen LogP contribution in [0.4, 0.5) is 10.5 Å². The van der Waals surface area contributed by atoms with E-state index in [-0.39, 0.29) is 17.5 Å². The minimum Gasteiger partial charge on any atom is -0.452 e. The molecule has 27 heavy (non-hydrogen) atoms. The smallest absolute Gasteiger partial charge is 0.338 e. The summed E-state index contributed by atoms with van der Waals surface area (Å²) in [5.41, 5.74) is 0.780. The molecular formula is C19H25N3O5. The summed E-state index contributed by atoms with van der Waals surface area (Å²) >= 11 is 0. The van der Waals surface area contributed by atoms with E-state index in [0.29, 0.717) is 11.6 Å². The maximum atomic E-state index is 11.9. The first kappa shape index (κ1) is 20.4. The van der Waals surface area contributed by atoms with Crippen LogP contribution in [-0.4, -0.2) is 36.5 Å². The number of anilines is 1.